The molecule has 4 rings (SSSR count). The smallest absolute Gasteiger partial charge is 0.407 e. The van der Waals surface area contributed by atoms with E-state index in [0.717, 1.165) is 16.7 Å². The topological polar surface area (TPSA) is 119 Å². The molecule has 0 saturated carbocycles. The minimum atomic E-state index is -1.00. The Labute approximate surface area is 223 Å². The van der Waals surface area contributed by atoms with Gasteiger partial charge in [-0.25, -0.2) is 4.79 Å². The molecule has 1 amide bonds. The second kappa shape index (κ2) is 13.0. The first-order valence-corrected chi connectivity index (χ1v) is 13.1. The van der Waals surface area contributed by atoms with Gasteiger partial charge in [-0.05, 0) is 47.1 Å². The summed E-state index contributed by atoms with van der Waals surface area (Å²) in [6.07, 6.45) is 1.27. The maximum absolute atomic E-state index is 12.5. The molecule has 0 bridgehead atoms. The number of carbonyl (C=O) groups excluding carboxylic acids is 2. The molecule has 0 radical (unpaired) electrons. The fraction of sp³-hybridized carbons (Fsp3) is 0.323. The summed E-state index contributed by atoms with van der Waals surface area (Å²) >= 11 is 0. The second-order valence-electron chi connectivity index (χ2n) is 9.75. The van der Waals surface area contributed by atoms with Crippen LogP contribution in [0.4, 0.5) is 4.79 Å². The van der Waals surface area contributed by atoms with Crippen molar-refractivity contribution < 1.29 is 24.2 Å². The van der Waals surface area contributed by atoms with Gasteiger partial charge in [0.1, 0.15) is 6.61 Å². The number of amides is 1. The molecule has 7 nitrogen and oxygen atoms in total. The first kappa shape index (κ1) is 27.1. The van der Waals surface area contributed by atoms with Crippen LogP contribution in [0.1, 0.15) is 48.3 Å². The third-order valence-corrected chi connectivity index (χ3v) is 7.10. The van der Waals surface area contributed by atoms with E-state index in [2.05, 4.69) is 29.6 Å². The molecular formula is C31H34N2O5. The van der Waals surface area contributed by atoms with Gasteiger partial charge in [-0.3, -0.25) is 9.59 Å². The van der Waals surface area contributed by atoms with Crippen molar-refractivity contribution in [2.75, 3.05) is 13.2 Å². The third kappa shape index (κ3) is 6.86. The maximum atomic E-state index is 12.5. The Hall–Kier alpha value is -3.97. The van der Waals surface area contributed by atoms with Crippen LogP contribution in [0.5, 0.6) is 0 Å². The number of fused-ring (bicyclic) bond motifs is 3. The number of carbonyl (C=O) groups is 3. The van der Waals surface area contributed by atoms with Gasteiger partial charge < -0.3 is 20.9 Å². The zero-order valence-corrected chi connectivity index (χ0v) is 21.3. The number of benzene rings is 3. The first-order chi connectivity index (χ1) is 18.4. The van der Waals surface area contributed by atoms with Crippen LogP contribution in [0.15, 0.2) is 78.9 Å². The summed E-state index contributed by atoms with van der Waals surface area (Å²) in [7, 11) is 0. The number of carboxylic acids is 1. The first-order valence-electron chi connectivity index (χ1n) is 13.1. The van der Waals surface area contributed by atoms with E-state index >= 15 is 0 Å². The highest BCUT2D eigenvalue weighted by atomic mass is 16.5. The van der Waals surface area contributed by atoms with Gasteiger partial charge in [0.25, 0.3) is 0 Å². The lowest BCUT2D eigenvalue weighted by Gasteiger charge is -2.16. The Bertz CT molecular complexity index is 1210. The van der Waals surface area contributed by atoms with Gasteiger partial charge in [0.15, 0.2) is 5.78 Å². The molecule has 0 saturated heterocycles. The van der Waals surface area contributed by atoms with Gasteiger partial charge >= 0.3 is 12.1 Å². The fourth-order valence-electron chi connectivity index (χ4n) is 5.04. The molecular weight excluding hydrogens is 480 g/mol. The summed E-state index contributed by atoms with van der Waals surface area (Å²) in [4.78, 5) is 36.5. The van der Waals surface area contributed by atoms with E-state index in [-0.39, 0.29) is 24.7 Å². The lowest BCUT2D eigenvalue weighted by molar-refractivity contribution is -0.144. The van der Waals surface area contributed by atoms with Gasteiger partial charge in [0.2, 0.25) is 0 Å². The van der Waals surface area contributed by atoms with Crippen LogP contribution < -0.4 is 11.1 Å². The Morgan fingerprint density at radius 1 is 0.868 bits per heavy atom. The molecule has 3 aromatic rings. The molecule has 0 heterocycles. The van der Waals surface area contributed by atoms with Gasteiger partial charge in [0.05, 0.1) is 12.0 Å². The molecule has 0 aliphatic heterocycles. The molecule has 0 unspecified atom stereocenters. The summed E-state index contributed by atoms with van der Waals surface area (Å²) in [5.41, 5.74) is 11.6. The minimum Gasteiger partial charge on any atom is -0.481 e. The molecule has 7 heteroatoms. The number of carboxylic acid groups (broad SMARTS) is 1. The summed E-state index contributed by atoms with van der Waals surface area (Å²) in [5.74, 6) is -2.05. The minimum absolute atomic E-state index is 0.00438. The van der Waals surface area contributed by atoms with Crippen molar-refractivity contribution in [3.05, 3.63) is 95.6 Å². The number of aliphatic carboxylic acids is 1. The number of nitrogens with two attached hydrogens (primary N) is 1. The fourth-order valence-corrected chi connectivity index (χ4v) is 5.04. The molecule has 38 heavy (non-hydrogen) atoms. The van der Waals surface area contributed by atoms with Crippen LogP contribution in [-0.2, 0) is 20.7 Å². The number of nitrogens with one attached hydrogen (secondary N) is 1. The number of hydrogen-bond donors (Lipinski definition) is 3. The number of hydrogen-bond acceptors (Lipinski definition) is 5. The van der Waals surface area contributed by atoms with Crippen molar-refractivity contribution in [3.63, 3.8) is 0 Å². The zero-order chi connectivity index (χ0) is 26.9. The zero-order valence-electron chi connectivity index (χ0n) is 21.3. The van der Waals surface area contributed by atoms with Crippen LogP contribution in [0, 0.1) is 5.92 Å². The van der Waals surface area contributed by atoms with E-state index in [1.807, 2.05) is 54.6 Å². The number of ether oxygens (including phenoxy) is 1. The second-order valence-corrected chi connectivity index (χ2v) is 9.75. The molecule has 3 aromatic carbocycles. The average Bonchev–Trinajstić information content (AvgIpc) is 3.25. The lowest BCUT2D eigenvalue weighted by Crippen LogP contribution is -2.35. The average molecular weight is 515 g/mol. The van der Waals surface area contributed by atoms with Crippen molar-refractivity contribution in [3.8, 4) is 11.1 Å². The number of ketones is 1. The van der Waals surface area contributed by atoms with Crippen LogP contribution in [0.3, 0.4) is 0 Å². The standard InChI is InChI=1S/C31H34N2O5/c32-28(18-21-10-2-1-3-11-21)29(34)19-22(30(35)36)12-8-9-17-33-31(37)38-20-27-25-15-6-4-13-23(25)24-14-5-7-16-26(24)27/h1-7,10-11,13-16,22,27-28H,8-9,12,17-20,32H2,(H,33,37)(H,35,36)/t22-,28+/m1/s1. The lowest BCUT2D eigenvalue weighted by atomic mass is 9.92. The summed E-state index contributed by atoms with van der Waals surface area (Å²) in [6.45, 7) is 0.608. The van der Waals surface area contributed by atoms with E-state index in [1.54, 1.807) is 0 Å². The molecule has 4 N–H and O–H groups in total. The van der Waals surface area contributed by atoms with Crippen LogP contribution in [0.25, 0.3) is 11.1 Å². The van der Waals surface area contributed by atoms with Crippen molar-refractivity contribution >= 4 is 17.8 Å². The van der Waals surface area contributed by atoms with Gasteiger partial charge in [-0.15, -0.1) is 0 Å². The number of unbranched alkanes of at least 4 members (excludes halogenated alkanes) is 1. The summed E-state index contributed by atoms with van der Waals surface area (Å²) in [6, 6.07) is 25.0. The van der Waals surface area contributed by atoms with E-state index in [9.17, 15) is 19.5 Å². The Morgan fingerprint density at radius 3 is 2.11 bits per heavy atom. The molecule has 0 spiro atoms. The van der Waals surface area contributed by atoms with Crippen LogP contribution >= 0.6 is 0 Å². The summed E-state index contributed by atoms with van der Waals surface area (Å²) < 4.78 is 5.53. The Morgan fingerprint density at radius 2 is 1.47 bits per heavy atom. The molecule has 198 valence electrons. The quantitative estimate of drug-likeness (QED) is 0.279. The molecule has 1 aliphatic carbocycles. The largest absolute Gasteiger partial charge is 0.481 e. The highest BCUT2D eigenvalue weighted by molar-refractivity contribution is 5.87. The number of Topliss-reactive ketones (excluding diaryl/α,β-unsaturated/α-hetero) is 1. The predicted octanol–water partition coefficient (Wildman–Crippen LogP) is 4.93. The molecule has 1 aliphatic rings. The predicted molar refractivity (Wildman–Crippen MR) is 146 cm³/mol. The number of alkyl carbamates (subject to hydrolysis) is 1. The van der Waals surface area contributed by atoms with E-state index in [0.29, 0.717) is 32.2 Å². The Balaban J connectivity index is 1.17. The molecule has 2 atom stereocenters. The monoisotopic (exact) mass is 514 g/mol. The van der Waals surface area contributed by atoms with Crippen molar-refractivity contribution in [1.82, 2.24) is 5.32 Å². The van der Waals surface area contributed by atoms with Crippen molar-refractivity contribution in [2.45, 2.75) is 44.1 Å². The SMILES string of the molecule is N[C@@H](Cc1ccccc1)C(=O)C[C@@H](CCCCNC(=O)OCC1c2ccccc2-c2ccccc21)C(=O)O. The van der Waals surface area contributed by atoms with Crippen molar-refractivity contribution in [1.29, 1.82) is 0 Å². The van der Waals surface area contributed by atoms with Crippen LogP contribution in [-0.4, -0.2) is 42.1 Å². The molecule has 0 fully saturated rings. The third-order valence-electron chi connectivity index (χ3n) is 7.10. The molecule has 0 aromatic heterocycles. The highest BCUT2D eigenvalue weighted by Gasteiger charge is 2.29. The number of rotatable bonds is 13. The van der Waals surface area contributed by atoms with Gasteiger partial charge in [0, 0.05) is 18.9 Å². The van der Waals surface area contributed by atoms with E-state index < -0.39 is 24.0 Å². The van der Waals surface area contributed by atoms with Gasteiger partial charge in [-0.1, -0.05) is 85.3 Å². The maximum Gasteiger partial charge on any atom is 0.407 e. The highest BCUT2D eigenvalue weighted by Crippen LogP contribution is 2.44. The van der Waals surface area contributed by atoms with Crippen LogP contribution in [0.2, 0.25) is 0 Å². The Kier molecular flexibility index (Phi) is 9.27. The van der Waals surface area contributed by atoms with Crippen molar-refractivity contribution in [2.24, 2.45) is 11.7 Å². The normalized spacial score (nSPS) is 13.7. The van der Waals surface area contributed by atoms with Gasteiger partial charge in [-0.2, -0.15) is 0 Å². The van der Waals surface area contributed by atoms with E-state index in [4.69, 9.17) is 10.5 Å². The van der Waals surface area contributed by atoms with E-state index in [1.165, 1.54) is 11.1 Å². The summed E-state index contributed by atoms with van der Waals surface area (Å²) in [5, 5.41) is 12.3.